The molecule has 2 aliphatic rings. The number of benzene rings is 2. The summed E-state index contributed by atoms with van der Waals surface area (Å²) in [7, 11) is 3.52. The fraction of sp³-hybridized carbons (Fsp3) is 0.320. The molecule has 3 aromatic rings. The molecule has 3 heterocycles. The van der Waals surface area contributed by atoms with Crippen molar-refractivity contribution in [2.24, 2.45) is 0 Å². The lowest BCUT2D eigenvalue weighted by atomic mass is 10.1. The number of nitrogens with zero attached hydrogens (tertiary/aromatic N) is 5. The van der Waals surface area contributed by atoms with Crippen LogP contribution >= 0.6 is 0 Å². The number of nitrogens with one attached hydrogen (secondary N) is 2. The van der Waals surface area contributed by atoms with Crippen LogP contribution in [0.25, 0.3) is 0 Å². The Kier molecular flexibility index (Phi) is 6.39. The minimum atomic E-state index is -0.190. The SMILES string of the molecule is COc1cc(N2CCN(CCO)CC2)ccc1Nc1ncc2c(n1)N(C)c1ccccc1C(=O)N2. The van der Waals surface area contributed by atoms with Crippen LogP contribution < -0.4 is 25.2 Å². The van der Waals surface area contributed by atoms with E-state index in [1.807, 2.05) is 42.3 Å². The van der Waals surface area contributed by atoms with Crippen LogP contribution in [-0.2, 0) is 0 Å². The first-order valence-electron chi connectivity index (χ1n) is 11.6. The van der Waals surface area contributed by atoms with Crippen molar-refractivity contribution in [2.45, 2.75) is 0 Å². The Morgan fingerprint density at radius 1 is 1.14 bits per heavy atom. The number of carbonyl (C=O) groups excluding carboxylic acids is 1. The Hall–Kier alpha value is -3.89. The minimum absolute atomic E-state index is 0.188. The number of fused-ring (bicyclic) bond motifs is 2. The van der Waals surface area contributed by atoms with Crippen molar-refractivity contribution in [3.63, 3.8) is 0 Å². The summed E-state index contributed by atoms with van der Waals surface area (Å²) in [5.41, 5.74) is 3.72. The quantitative estimate of drug-likeness (QED) is 0.496. The predicted molar refractivity (Wildman–Crippen MR) is 137 cm³/mol. The Labute approximate surface area is 204 Å². The van der Waals surface area contributed by atoms with Gasteiger partial charge in [0, 0.05) is 51.5 Å². The molecule has 0 unspecified atom stereocenters. The highest BCUT2D eigenvalue weighted by Gasteiger charge is 2.25. The largest absolute Gasteiger partial charge is 0.494 e. The number of rotatable bonds is 6. The second kappa shape index (κ2) is 9.77. The Morgan fingerprint density at radius 2 is 1.94 bits per heavy atom. The van der Waals surface area contributed by atoms with Crippen molar-refractivity contribution in [1.82, 2.24) is 14.9 Å². The van der Waals surface area contributed by atoms with E-state index in [0.717, 1.165) is 43.2 Å². The van der Waals surface area contributed by atoms with Gasteiger partial charge in [-0.2, -0.15) is 4.98 Å². The van der Waals surface area contributed by atoms with Crippen LogP contribution in [-0.4, -0.2) is 79.4 Å². The number of methoxy groups -OCH3 is 1. The number of carbonyl (C=O) groups is 1. The third kappa shape index (κ3) is 4.58. The number of aliphatic hydroxyl groups excluding tert-OH is 1. The van der Waals surface area contributed by atoms with E-state index in [1.54, 1.807) is 19.4 Å². The number of amides is 1. The second-order valence-corrected chi connectivity index (χ2v) is 8.52. The molecule has 182 valence electrons. The molecule has 2 aromatic carbocycles. The summed E-state index contributed by atoms with van der Waals surface area (Å²) < 4.78 is 5.67. The number of hydrogen-bond acceptors (Lipinski definition) is 9. The molecule has 3 N–H and O–H groups in total. The number of anilines is 6. The lowest BCUT2D eigenvalue weighted by Crippen LogP contribution is -2.47. The fourth-order valence-electron chi connectivity index (χ4n) is 4.51. The van der Waals surface area contributed by atoms with Gasteiger partial charge in [-0.3, -0.25) is 9.69 Å². The van der Waals surface area contributed by atoms with Crippen LogP contribution in [0.4, 0.5) is 34.5 Å². The summed E-state index contributed by atoms with van der Waals surface area (Å²) in [6, 6.07) is 13.4. The van der Waals surface area contributed by atoms with Crippen LogP contribution in [0.15, 0.2) is 48.7 Å². The molecule has 0 radical (unpaired) electrons. The van der Waals surface area contributed by atoms with Crippen LogP contribution in [0, 0.1) is 0 Å². The molecule has 10 heteroatoms. The smallest absolute Gasteiger partial charge is 0.257 e. The molecule has 0 spiro atoms. The predicted octanol–water partition coefficient (Wildman–Crippen LogP) is 2.68. The summed E-state index contributed by atoms with van der Waals surface area (Å²) in [6.07, 6.45) is 1.61. The summed E-state index contributed by atoms with van der Waals surface area (Å²) in [4.78, 5) is 28.2. The molecule has 10 nitrogen and oxygen atoms in total. The summed E-state index contributed by atoms with van der Waals surface area (Å²) in [6.45, 7) is 4.52. The van der Waals surface area contributed by atoms with Crippen LogP contribution in [0.3, 0.4) is 0 Å². The number of aromatic nitrogens is 2. The van der Waals surface area contributed by atoms with Gasteiger partial charge in [-0.05, 0) is 24.3 Å². The number of ether oxygens (including phenoxy) is 1. The molecular formula is C25H29N7O3. The van der Waals surface area contributed by atoms with E-state index >= 15 is 0 Å². The molecule has 2 aliphatic heterocycles. The number of para-hydroxylation sites is 1. The van der Waals surface area contributed by atoms with Gasteiger partial charge in [-0.25, -0.2) is 4.98 Å². The topological polar surface area (TPSA) is 106 Å². The van der Waals surface area contributed by atoms with Crippen LogP contribution in [0.2, 0.25) is 0 Å². The number of hydrogen-bond donors (Lipinski definition) is 3. The fourth-order valence-corrected chi connectivity index (χ4v) is 4.51. The van der Waals surface area contributed by atoms with Gasteiger partial charge in [0.15, 0.2) is 5.82 Å². The normalized spacial score (nSPS) is 15.7. The van der Waals surface area contributed by atoms with E-state index in [9.17, 15) is 4.79 Å². The van der Waals surface area contributed by atoms with E-state index in [-0.39, 0.29) is 12.5 Å². The number of β-amino-alcohol motifs (C(OH)–C–C–N with tert-alkyl or cyclic N) is 1. The van der Waals surface area contributed by atoms with Gasteiger partial charge in [0.25, 0.3) is 5.91 Å². The molecule has 1 fully saturated rings. The monoisotopic (exact) mass is 475 g/mol. The maximum Gasteiger partial charge on any atom is 0.257 e. The lowest BCUT2D eigenvalue weighted by Gasteiger charge is -2.36. The van der Waals surface area contributed by atoms with E-state index < -0.39 is 0 Å². The molecule has 1 saturated heterocycles. The number of piperazine rings is 1. The van der Waals surface area contributed by atoms with E-state index in [0.29, 0.717) is 35.3 Å². The maximum atomic E-state index is 12.6. The average Bonchev–Trinajstić information content (AvgIpc) is 2.99. The molecule has 0 saturated carbocycles. The lowest BCUT2D eigenvalue weighted by molar-refractivity contribution is 0.102. The molecule has 0 aliphatic carbocycles. The van der Waals surface area contributed by atoms with Crippen molar-refractivity contribution in [2.75, 3.05) is 73.9 Å². The standard InChI is InChI=1S/C25H29N7O3/c1-30-21-6-4-3-5-18(21)24(34)27-20-16-26-25(29-23(20)30)28-19-8-7-17(15-22(19)35-2)32-11-9-31(10-12-32)13-14-33/h3-8,15-16,33H,9-14H2,1-2H3,(H,27,34)(H,26,28,29). The molecule has 35 heavy (non-hydrogen) atoms. The van der Waals surface area contributed by atoms with Gasteiger partial charge >= 0.3 is 0 Å². The van der Waals surface area contributed by atoms with Crippen LogP contribution in [0.1, 0.15) is 10.4 Å². The summed E-state index contributed by atoms with van der Waals surface area (Å²) in [5.74, 6) is 1.49. The Balaban J connectivity index is 1.37. The Bertz CT molecular complexity index is 1230. The van der Waals surface area contributed by atoms with Crippen molar-refractivity contribution in [3.05, 3.63) is 54.2 Å². The van der Waals surface area contributed by atoms with E-state index in [4.69, 9.17) is 14.8 Å². The first kappa shape index (κ1) is 22.9. The maximum absolute atomic E-state index is 12.6. The first-order valence-corrected chi connectivity index (χ1v) is 11.6. The zero-order chi connectivity index (χ0) is 24.4. The van der Waals surface area contributed by atoms with Gasteiger partial charge in [-0.1, -0.05) is 12.1 Å². The molecule has 1 amide bonds. The van der Waals surface area contributed by atoms with E-state index in [1.165, 1.54) is 0 Å². The minimum Gasteiger partial charge on any atom is -0.494 e. The van der Waals surface area contributed by atoms with Crippen molar-refractivity contribution in [1.29, 1.82) is 0 Å². The summed E-state index contributed by atoms with van der Waals surface area (Å²) >= 11 is 0. The van der Waals surface area contributed by atoms with Crippen molar-refractivity contribution < 1.29 is 14.6 Å². The highest BCUT2D eigenvalue weighted by atomic mass is 16.5. The van der Waals surface area contributed by atoms with Gasteiger partial charge in [0.05, 0.1) is 36.9 Å². The third-order valence-corrected chi connectivity index (χ3v) is 6.43. The molecular weight excluding hydrogens is 446 g/mol. The number of aliphatic hydroxyl groups is 1. The highest BCUT2D eigenvalue weighted by molar-refractivity contribution is 6.11. The second-order valence-electron chi connectivity index (χ2n) is 8.52. The summed E-state index contributed by atoms with van der Waals surface area (Å²) in [5, 5.41) is 15.3. The molecule has 1 aromatic heterocycles. The van der Waals surface area contributed by atoms with Gasteiger partial charge in [-0.15, -0.1) is 0 Å². The Morgan fingerprint density at radius 3 is 2.71 bits per heavy atom. The van der Waals surface area contributed by atoms with Gasteiger partial charge < -0.3 is 30.3 Å². The zero-order valence-electron chi connectivity index (χ0n) is 19.9. The first-order chi connectivity index (χ1) is 17.1. The molecule has 0 bridgehead atoms. The molecule has 5 rings (SSSR count). The average molecular weight is 476 g/mol. The van der Waals surface area contributed by atoms with Gasteiger partial charge in [0.2, 0.25) is 5.95 Å². The highest BCUT2D eigenvalue weighted by Crippen LogP contribution is 2.37. The van der Waals surface area contributed by atoms with E-state index in [2.05, 4.69) is 31.5 Å². The third-order valence-electron chi connectivity index (χ3n) is 6.43. The zero-order valence-corrected chi connectivity index (χ0v) is 19.9. The van der Waals surface area contributed by atoms with Crippen molar-refractivity contribution in [3.8, 4) is 5.75 Å². The van der Waals surface area contributed by atoms with Gasteiger partial charge in [0.1, 0.15) is 11.4 Å². The van der Waals surface area contributed by atoms with Crippen LogP contribution in [0.5, 0.6) is 5.75 Å². The van der Waals surface area contributed by atoms with Crippen molar-refractivity contribution >= 4 is 40.4 Å². The molecule has 0 atom stereocenters.